The maximum absolute atomic E-state index is 13.1. The van der Waals surface area contributed by atoms with E-state index in [4.69, 9.17) is 0 Å². The van der Waals surface area contributed by atoms with Crippen LogP contribution in [0.1, 0.15) is 72.3 Å². The van der Waals surface area contributed by atoms with E-state index >= 15 is 0 Å². The molecule has 172 valence electrons. The maximum atomic E-state index is 13.1. The number of ketones is 1. The molecule has 4 heteroatoms. The number of piperidine rings is 1. The number of carbonyl (C=O) groups excluding carboxylic acids is 1. The Bertz CT molecular complexity index is 910. The molecule has 2 aromatic rings. The molecule has 0 spiro atoms. The van der Waals surface area contributed by atoms with Crippen LogP contribution in [0, 0.1) is 18.7 Å². The molecule has 2 aromatic carbocycles. The molecular weight excluding hydrogens is 399 g/mol. The molecule has 0 amide bonds. The quantitative estimate of drug-likeness (QED) is 0.520. The predicted molar refractivity (Wildman–Crippen MR) is 130 cm³/mol. The van der Waals surface area contributed by atoms with Crippen molar-refractivity contribution in [2.24, 2.45) is 5.92 Å². The molecular formula is C28H37FN2O. The minimum Gasteiger partial charge on any atom is -0.374 e. The Balaban J connectivity index is 1.42. The first kappa shape index (κ1) is 23.0. The summed E-state index contributed by atoms with van der Waals surface area (Å²) in [5, 5.41) is 0. The molecule has 0 N–H and O–H groups in total. The smallest absolute Gasteiger partial charge is 0.162 e. The highest BCUT2D eigenvalue weighted by atomic mass is 19.1. The largest absolute Gasteiger partial charge is 0.374 e. The number of hydrogen-bond acceptors (Lipinski definition) is 3. The molecule has 3 nitrogen and oxygen atoms in total. The molecule has 1 fully saturated rings. The predicted octanol–water partition coefficient (Wildman–Crippen LogP) is 6.21. The van der Waals surface area contributed by atoms with Crippen LogP contribution in [0.5, 0.6) is 0 Å². The van der Waals surface area contributed by atoms with Crippen LogP contribution in [-0.2, 0) is 0 Å². The summed E-state index contributed by atoms with van der Waals surface area (Å²) in [6.07, 6.45) is 7.87. The third kappa shape index (κ3) is 5.40. The molecule has 0 aliphatic carbocycles. The molecule has 1 saturated heterocycles. The summed E-state index contributed by atoms with van der Waals surface area (Å²) in [5.41, 5.74) is 4.96. The van der Waals surface area contributed by atoms with Crippen LogP contribution in [0.25, 0.3) is 0 Å². The van der Waals surface area contributed by atoms with Crippen molar-refractivity contribution in [1.82, 2.24) is 4.90 Å². The zero-order chi connectivity index (χ0) is 22.5. The lowest BCUT2D eigenvalue weighted by atomic mass is 9.76. The van der Waals surface area contributed by atoms with E-state index in [0.717, 1.165) is 38.5 Å². The van der Waals surface area contributed by atoms with Gasteiger partial charge in [0.2, 0.25) is 0 Å². The zero-order valence-corrected chi connectivity index (χ0v) is 19.7. The second-order valence-corrected chi connectivity index (χ2v) is 9.75. The number of likely N-dealkylation sites (tertiary alicyclic amines) is 1. The fraction of sp³-hybridized carbons (Fsp3) is 0.536. The molecule has 0 radical (unpaired) electrons. The lowest BCUT2D eigenvalue weighted by molar-refractivity contribution is 0.0966. The minimum atomic E-state index is -0.295. The highest BCUT2D eigenvalue weighted by molar-refractivity contribution is 5.95. The van der Waals surface area contributed by atoms with Crippen molar-refractivity contribution < 1.29 is 9.18 Å². The number of Topliss-reactive ketones (excluding diaryl/α,β-unsaturated/α-hetero) is 1. The summed E-state index contributed by atoms with van der Waals surface area (Å²) in [7, 11) is 2.23. The number of nitrogens with zero attached hydrogens (tertiary/aromatic N) is 2. The van der Waals surface area contributed by atoms with Crippen molar-refractivity contribution in [3.63, 3.8) is 0 Å². The van der Waals surface area contributed by atoms with Crippen LogP contribution >= 0.6 is 0 Å². The van der Waals surface area contributed by atoms with Gasteiger partial charge < -0.3 is 9.80 Å². The molecule has 2 aliphatic rings. The third-order valence-electron chi connectivity index (χ3n) is 7.61. The number of benzene rings is 2. The fourth-order valence-electron chi connectivity index (χ4n) is 5.72. The van der Waals surface area contributed by atoms with Gasteiger partial charge in [0.1, 0.15) is 5.82 Å². The number of hydrogen-bond donors (Lipinski definition) is 0. The first-order chi connectivity index (χ1) is 15.5. The van der Waals surface area contributed by atoms with Crippen molar-refractivity contribution in [1.29, 1.82) is 0 Å². The standard InChI is InChI=1S/C28H37FN2O/c1-21-25-9-6-10-27(21)30(2)17-5-3-4-8-22-16-19-31(20-26(22)25)18-7-11-28(32)23-12-14-24(29)15-13-23/h6,9-10,12-15,22,26H,3-5,7-8,11,16-20H2,1-2H3/t22-,26+/m0/s1. The Hall–Kier alpha value is -2.20. The van der Waals surface area contributed by atoms with Gasteiger partial charge in [0.25, 0.3) is 0 Å². The molecule has 32 heavy (non-hydrogen) atoms. The van der Waals surface area contributed by atoms with Crippen LogP contribution in [0.3, 0.4) is 0 Å². The Morgan fingerprint density at radius 3 is 2.66 bits per heavy atom. The summed E-state index contributed by atoms with van der Waals surface area (Å²) in [6, 6.07) is 12.8. The van der Waals surface area contributed by atoms with Crippen LogP contribution in [-0.4, -0.2) is 43.9 Å². The lowest BCUT2D eigenvalue weighted by Gasteiger charge is -2.40. The Morgan fingerprint density at radius 2 is 1.84 bits per heavy atom. The van der Waals surface area contributed by atoms with Crippen molar-refractivity contribution in [2.45, 2.75) is 57.8 Å². The van der Waals surface area contributed by atoms with Gasteiger partial charge in [0, 0.05) is 37.8 Å². The SMILES string of the molecule is Cc1c2cccc1N(C)CCCCC[C@H]1CCN(CCCC(=O)c3ccc(F)cc3)C[C@@H]21. The zero-order valence-electron chi connectivity index (χ0n) is 19.7. The van der Waals surface area contributed by atoms with E-state index in [-0.39, 0.29) is 11.6 Å². The van der Waals surface area contributed by atoms with E-state index in [1.807, 2.05) is 0 Å². The molecule has 2 bridgehead atoms. The minimum absolute atomic E-state index is 0.112. The summed E-state index contributed by atoms with van der Waals surface area (Å²) >= 11 is 0. The van der Waals surface area contributed by atoms with Crippen LogP contribution in [0.4, 0.5) is 10.1 Å². The summed E-state index contributed by atoms with van der Waals surface area (Å²) in [6.45, 7) is 6.60. The van der Waals surface area contributed by atoms with Crippen molar-refractivity contribution >= 4 is 11.5 Å². The Morgan fingerprint density at radius 1 is 1.03 bits per heavy atom. The molecule has 2 heterocycles. The van der Waals surface area contributed by atoms with Gasteiger partial charge in [0.15, 0.2) is 5.78 Å². The van der Waals surface area contributed by atoms with Gasteiger partial charge in [0.05, 0.1) is 0 Å². The number of fused-ring (bicyclic) bond motifs is 4. The normalized spacial score (nSPS) is 22.2. The highest BCUT2D eigenvalue weighted by Gasteiger charge is 2.31. The number of halogens is 1. The van der Waals surface area contributed by atoms with Gasteiger partial charge in [-0.2, -0.15) is 0 Å². The average Bonchev–Trinajstić information content (AvgIpc) is 2.80. The van der Waals surface area contributed by atoms with Gasteiger partial charge >= 0.3 is 0 Å². The van der Waals surface area contributed by atoms with E-state index in [1.54, 1.807) is 12.1 Å². The molecule has 0 aromatic heterocycles. The monoisotopic (exact) mass is 436 g/mol. The van der Waals surface area contributed by atoms with E-state index in [2.05, 4.69) is 42.0 Å². The van der Waals surface area contributed by atoms with Gasteiger partial charge in [-0.15, -0.1) is 0 Å². The number of rotatable bonds is 5. The summed E-state index contributed by atoms with van der Waals surface area (Å²) < 4.78 is 13.1. The lowest BCUT2D eigenvalue weighted by Crippen LogP contribution is -2.40. The number of anilines is 1. The van der Waals surface area contributed by atoms with Crippen LogP contribution in [0.2, 0.25) is 0 Å². The molecule has 4 rings (SSSR count). The van der Waals surface area contributed by atoms with Gasteiger partial charge in [-0.05, 0) is 99.0 Å². The highest BCUT2D eigenvalue weighted by Crippen LogP contribution is 2.40. The first-order valence-electron chi connectivity index (χ1n) is 12.3. The molecule has 0 unspecified atom stereocenters. The Labute approximate surface area is 192 Å². The third-order valence-corrected chi connectivity index (χ3v) is 7.61. The van der Waals surface area contributed by atoms with E-state index in [9.17, 15) is 9.18 Å². The van der Waals surface area contributed by atoms with Gasteiger partial charge in [-0.1, -0.05) is 25.0 Å². The van der Waals surface area contributed by atoms with E-state index in [1.165, 1.54) is 61.1 Å². The van der Waals surface area contributed by atoms with Gasteiger partial charge in [-0.3, -0.25) is 4.79 Å². The first-order valence-corrected chi connectivity index (χ1v) is 12.3. The summed E-state index contributed by atoms with van der Waals surface area (Å²) in [4.78, 5) is 17.5. The van der Waals surface area contributed by atoms with E-state index < -0.39 is 0 Å². The van der Waals surface area contributed by atoms with Gasteiger partial charge in [-0.25, -0.2) is 4.39 Å². The van der Waals surface area contributed by atoms with Crippen LogP contribution < -0.4 is 4.90 Å². The van der Waals surface area contributed by atoms with Crippen molar-refractivity contribution in [3.05, 3.63) is 65.0 Å². The molecule has 2 aliphatic heterocycles. The molecule has 2 atom stereocenters. The topological polar surface area (TPSA) is 23.6 Å². The fourth-order valence-corrected chi connectivity index (χ4v) is 5.72. The second kappa shape index (κ2) is 10.6. The van der Waals surface area contributed by atoms with E-state index in [0.29, 0.717) is 17.9 Å². The summed E-state index contributed by atoms with van der Waals surface area (Å²) in [5.74, 6) is 1.14. The van der Waals surface area contributed by atoms with Crippen molar-refractivity contribution in [3.8, 4) is 0 Å². The van der Waals surface area contributed by atoms with Crippen LogP contribution in [0.15, 0.2) is 42.5 Å². The molecule has 0 saturated carbocycles. The average molecular weight is 437 g/mol. The maximum Gasteiger partial charge on any atom is 0.162 e. The second-order valence-electron chi connectivity index (χ2n) is 9.75. The van der Waals surface area contributed by atoms with Crippen molar-refractivity contribution in [2.75, 3.05) is 38.1 Å². The number of carbonyl (C=O) groups is 1. The Kier molecular flexibility index (Phi) is 7.62.